The third-order valence-corrected chi connectivity index (χ3v) is 2.57. The molecule has 1 aromatic heterocycles. The maximum atomic E-state index is 12.6. The first-order valence-electron chi connectivity index (χ1n) is 5.64. The Morgan fingerprint density at radius 2 is 2.00 bits per heavy atom. The largest absolute Gasteiger partial charge is 0.416 e. The van der Waals surface area contributed by atoms with Gasteiger partial charge in [0, 0.05) is 12.6 Å². The molecule has 0 aliphatic heterocycles. The molecule has 0 saturated heterocycles. The van der Waals surface area contributed by atoms with Crippen molar-refractivity contribution in [2.75, 3.05) is 0 Å². The van der Waals surface area contributed by atoms with Crippen molar-refractivity contribution in [1.82, 2.24) is 9.97 Å². The minimum atomic E-state index is -4.40. The summed E-state index contributed by atoms with van der Waals surface area (Å²) in [7, 11) is 0. The standard InChI is InChI=1S/C13H10F3N3O/c14-13(15,16)9-3-1-2-8(6-9)7-11-18-5-4-10(19-11)12(17)20/h1-6H,7H2,(H2,17,20). The predicted molar refractivity (Wildman–Crippen MR) is 64.8 cm³/mol. The van der Waals surface area contributed by atoms with Crippen LogP contribution in [0.4, 0.5) is 13.2 Å². The molecular formula is C13H10F3N3O. The molecule has 7 heteroatoms. The SMILES string of the molecule is NC(=O)c1ccnc(Cc2cccc(C(F)(F)F)c2)n1. The van der Waals surface area contributed by atoms with Gasteiger partial charge in [0.1, 0.15) is 11.5 Å². The fraction of sp³-hybridized carbons (Fsp3) is 0.154. The van der Waals surface area contributed by atoms with E-state index in [4.69, 9.17) is 5.73 Å². The second-order valence-corrected chi connectivity index (χ2v) is 4.10. The number of primary amides is 1. The van der Waals surface area contributed by atoms with Crippen molar-refractivity contribution in [2.24, 2.45) is 5.73 Å². The number of nitrogens with zero attached hydrogens (tertiary/aromatic N) is 2. The van der Waals surface area contributed by atoms with E-state index in [0.29, 0.717) is 5.56 Å². The van der Waals surface area contributed by atoms with Gasteiger partial charge in [-0.3, -0.25) is 4.79 Å². The summed E-state index contributed by atoms with van der Waals surface area (Å²) in [5, 5.41) is 0. The van der Waals surface area contributed by atoms with Gasteiger partial charge in [0.15, 0.2) is 0 Å². The zero-order valence-corrected chi connectivity index (χ0v) is 10.2. The van der Waals surface area contributed by atoms with Crippen molar-refractivity contribution >= 4 is 5.91 Å². The van der Waals surface area contributed by atoms with E-state index in [1.807, 2.05) is 0 Å². The molecular weight excluding hydrogens is 271 g/mol. The van der Waals surface area contributed by atoms with E-state index in [2.05, 4.69) is 9.97 Å². The van der Waals surface area contributed by atoms with Gasteiger partial charge < -0.3 is 5.73 Å². The van der Waals surface area contributed by atoms with E-state index in [9.17, 15) is 18.0 Å². The molecule has 1 heterocycles. The summed E-state index contributed by atoms with van der Waals surface area (Å²) in [6.45, 7) is 0. The van der Waals surface area contributed by atoms with Crippen LogP contribution in [0, 0.1) is 0 Å². The molecule has 0 radical (unpaired) electrons. The summed E-state index contributed by atoms with van der Waals surface area (Å²) in [5.41, 5.74) is 4.78. The molecule has 1 aromatic carbocycles. The van der Waals surface area contributed by atoms with Crippen LogP contribution in [-0.4, -0.2) is 15.9 Å². The Hall–Kier alpha value is -2.44. The Balaban J connectivity index is 2.26. The number of nitrogens with two attached hydrogens (primary N) is 1. The minimum absolute atomic E-state index is 0.0296. The van der Waals surface area contributed by atoms with E-state index in [0.717, 1.165) is 12.1 Å². The van der Waals surface area contributed by atoms with E-state index in [-0.39, 0.29) is 17.9 Å². The number of aromatic nitrogens is 2. The van der Waals surface area contributed by atoms with Crippen molar-refractivity contribution < 1.29 is 18.0 Å². The third kappa shape index (κ3) is 3.31. The van der Waals surface area contributed by atoms with E-state index in [1.165, 1.54) is 24.4 Å². The van der Waals surface area contributed by atoms with Crippen molar-refractivity contribution in [1.29, 1.82) is 0 Å². The smallest absolute Gasteiger partial charge is 0.364 e. The predicted octanol–water partition coefficient (Wildman–Crippen LogP) is 2.19. The average molecular weight is 281 g/mol. The highest BCUT2D eigenvalue weighted by molar-refractivity contribution is 5.90. The van der Waals surface area contributed by atoms with Crippen LogP contribution in [0.15, 0.2) is 36.5 Å². The van der Waals surface area contributed by atoms with Crippen LogP contribution < -0.4 is 5.73 Å². The number of carbonyl (C=O) groups is 1. The Bertz CT molecular complexity index is 641. The first kappa shape index (κ1) is 14.0. The molecule has 2 aromatic rings. The zero-order chi connectivity index (χ0) is 14.8. The van der Waals surface area contributed by atoms with Crippen molar-refractivity contribution in [2.45, 2.75) is 12.6 Å². The highest BCUT2D eigenvalue weighted by atomic mass is 19.4. The summed E-state index contributed by atoms with van der Waals surface area (Å²) >= 11 is 0. The molecule has 4 nitrogen and oxygen atoms in total. The molecule has 1 amide bonds. The molecule has 0 bridgehead atoms. The van der Waals surface area contributed by atoms with E-state index >= 15 is 0 Å². The minimum Gasteiger partial charge on any atom is -0.364 e. The number of rotatable bonds is 3. The monoisotopic (exact) mass is 281 g/mol. The maximum absolute atomic E-state index is 12.6. The number of hydrogen-bond acceptors (Lipinski definition) is 3. The molecule has 0 fully saturated rings. The Morgan fingerprint density at radius 3 is 2.65 bits per heavy atom. The Morgan fingerprint density at radius 1 is 1.25 bits per heavy atom. The highest BCUT2D eigenvalue weighted by Gasteiger charge is 2.30. The normalized spacial score (nSPS) is 11.3. The highest BCUT2D eigenvalue weighted by Crippen LogP contribution is 2.29. The topological polar surface area (TPSA) is 68.9 Å². The van der Waals surface area contributed by atoms with Crippen molar-refractivity contribution in [3.8, 4) is 0 Å². The van der Waals surface area contributed by atoms with E-state index in [1.54, 1.807) is 0 Å². The second-order valence-electron chi connectivity index (χ2n) is 4.10. The van der Waals surface area contributed by atoms with Gasteiger partial charge in [-0.05, 0) is 17.7 Å². The van der Waals surface area contributed by atoms with Crippen LogP contribution in [-0.2, 0) is 12.6 Å². The van der Waals surface area contributed by atoms with Crippen LogP contribution in [0.25, 0.3) is 0 Å². The van der Waals surface area contributed by atoms with Gasteiger partial charge in [-0.25, -0.2) is 9.97 Å². The lowest BCUT2D eigenvalue weighted by molar-refractivity contribution is -0.137. The molecule has 0 aliphatic carbocycles. The molecule has 0 unspecified atom stereocenters. The van der Waals surface area contributed by atoms with Gasteiger partial charge in [-0.1, -0.05) is 18.2 Å². The van der Waals surface area contributed by atoms with Crippen LogP contribution in [0.3, 0.4) is 0 Å². The molecule has 0 spiro atoms. The average Bonchev–Trinajstić information content (AvgIpc) is 2.38. The Kier molecular flexibility index (Phi) is 3.69. The lowest BCUT2D eigenvalue weighted by atomic mass is 10.1. The van der Waals surface area contributed by atoms with Crippen LogP contribution >= 0.6 is 0 Å². The fourth-order valence-electron chi connectivity index (χ4n) is 1.66. The number of alkyl halides is 3. The molecule has 0 aliphatic rings. The number of benzene rings is 1. The van der Waals surface area contributed by atoms with Crippen molar-refractivity contribution in [3.63, 3.8) is 0 Å². The molecule has 2 rings (SSSR count). The first-order valence-corrected chi connectivity index (χ1v) is 5.64. The summed E-state index contributed by atoms with van der Waals surface area (Å²) in [6, 6.07) is 6.22. The summed E-state index contributed by atoms with van der Waals surface area (Å²) in [6.07, 6.45) is -2.97. The van der Waals surface area contributed by atoms with Gasteiger partial charge >= 0.3 is 6.18 Å². The molecule has 20 heavy (non-hydrogen) atoms. The van der Waals surface area contributed by atoms with Gasteiger partial charge in [0.25, 0.3) is 5.91 Å². The lowest BCUT2D eigenvalue weighted by Crippen LogP contribution is -2.14. The van der Waals surface area contributed by atoms with Gasteiger partial charge in [0.2, 0.25) is 0 Å². The van der Waals surface area contributed by atoms with Crippen LogP contribution in [0.1, 0.15) is 27.4 Å². The van der Waals surface area contributed by atoms with Gasteiger partial charge in [-0.2, -0.15) is 13.2 Å². The van der Waals surface area contributed by atoms with Crippen LogP contribution in [0.5, 0.6) is 0 Å². The molecule has 0 atom stereocenters. The van der Waals surface area contributed by atoms with Gasteiger partial charge in [0.05, 0.1) is 5.56 Å². The lowest BCUT2D eigenvalue weighted by Gasteiger charge is -2.08. The summed E-state index contributed by atoms with van der Waals surface area (Å²) < 4.78 is 37.8. The fourth-order valence-corrected chi connectivity index (χ4v) is 1.66. The number of amides is 1. The second kappa shape index (κ2) is 5.28. The third-order valence-electron chi connectivity index (χ3n) is 2.57. The zero-order valence-electron chi connectivity index (χ0n) is 10.2. The first-order chi connectivity index (χ1) is 9.36. The maximum Gasteiger partial charge on any atom is 0.416 e. The summed E-state index contributed by atoms with van der Waals surface area (Å²) in [4.78, 5) is 18.8. The number of halogens is 3. The van der Waals surface area contributed by atoms with Crippen molar-refractivity contribution in [3.05, 3.63) is 59.2 Å². The quantitative estimate of drug-likeness (QED) is 0.937. The summed E-state index contributed by atoms with van der Waals surface area (Å²) in [5.74, 6) is -0.474. The Labute approximate surface area is 112 Å². The van der Waals surface area contributed by atoms with Gasteiger partial charge in [-0.15, -0.1) is 0 Å². The number of hydrogen-bond donors (Lipinski definition) is 1. The molecule has 104 valence electrons. The number of carbonyl (C=O) groups excluding carboxylic acids is 1. The van der Waals surface area contributed by atoms with E-state index < -0.39 is 17.6 Å². The molecule has 0 saturated carbocycles. The van der Waals surface area contributed by atoms with Crippen LogP contribution in [0.2, 0.25) is 0 Å². The molecule has 2 N–H and O–H groups in total.